The number of rotatable bonds is 8. The zero-order valence-corrected chi connectivity index (χ0v) is 22.5. The molecule has 0 aliphatic rings. The second-order valence-corrected chi connectivity index (χ2v) is 9.75. The Bertz CT molecular complexity index is 1750. The number of benzene rings is 3. The summed E-state index contributed by atoms with van der Waals surface area (Å²) in [7, 11) is 0. The normalized spacial score (nSPS) is 12.1. The second-order valence-electron chi connectivity index (χ2n) is 9.34. The van der Waals surface area contributed by atoms with Gasteiger partial charge in [-0.1, -0.05) is 64.4 Å². The van der Waals surface area contributed by atoms with Gasteiger partial charge in [0.05, 0.1) is 34.0 Å². The fourth-order valence-electron chi connectivity index (χ4n) is 4.52. The third kappa shape index (κ3) is 6.18. The lowest BCUT2D eigenvalue weighted by molar-refractivity contribution is -0.143. The van der Waals surface area contributed by atoms with Gasteiger partial charge in [0.25, 0.3) is 0 Å². The van der Waals surface area contributed by atoms with Crippen LogP contribution in [0.2, 0.25) is 5.02 Å². The number of hydrogen-bond donors (Lipinski definition) is 1. The van der Waals surface area contributed by atoms with Crippen molar-refractivity contribution in [3.63, 3.8) is 0 Å². The summed E-state index contributed by atoms with van der Waals surface area (Å²) in [5, 5.41) is 21.7. The van der Waals surface area contributed by atoms with E-state index in [0.29, 0.717) is 23.3 Å². The Morgan fingerprint density at radius 3 is 2.14 bits per heavy atom. The highest BCUT2D eigenvalue weighted by Gasteiger charge is 2.37. The summed E-state index contributed by atoms with van der Waals surface area (Å²) in [6.07, 6.45) is -10.2. The van der Waals surface area contributed by atoms with Gasteiger partial charge in [-0.05, 0) is 35.9 Å². The molecule has 5 rings (SSSR count). The van der Waals surface area contributed by atoms with E-state index in [1.165, 1.54) is 0 Å². The lowest BCUT2D eigenvalue weighted by Crippen LogP contribution is -2.14. The Morgan fingerprint density at radius 2 is 1.53 bits per heavy atom. The van der Waals surface area contributed by atoms with E-state index in [4.69, 9.17) is 16.1 Å². The summed E-state index contributed by atoms with van der Waals surface area (Å²) in [6, 6.07) is 15.8. The molecule has 0 saturated heterocycles. The van der Waals surface area contributed by atoms with Gasteiger partial charge in [0, 0.05) is 24.2 Å². The van der Waals surface area contributed by atoms with Gasteiger partial charge in [0.15, 0.2) is 11.5 Å². The van der Waals surface area contributed by atoms with Crippen LogP contribution in [-0.4, -0.2) is 37.6 Å². The molecule has 5 aromatic rings. The molecule has 0 unspecified atom stereocenters. The van der Waals surface area contributed by atoms with Crippen molar-refractivity contribution >= 4 is 17.4 Å². The molecule has 1 N–H and O–H groups in total. The topological polar surface area (TPSA) is 94.0 Å². The maximum atomic E-state index is 14.1. The molecular formula is C29H19ClF6N4O3. The molecule has 0 atom stereocenters. The first kappa shape index (κ1) is 30.0. The Labute approximate surface area is 244 Å². The fraction of sp³-hybridized carbons (Fsp3) is 0.172. The highest BCUT2D eigenvalue weighted by Crippen LogP contribution is 2.38. The van der Waals surface area contributed by atoms with E-state index in [0.717, 1.165) is 4.68 Å². The Hall–Kier alpha value is -4.49. The standard InChI is InChI=1S/C29H19ClF6N4O3/c30-21-9-5-4-8-20(21)27-23(22(10-11-41)38-43-27)26(42)24-25(17-6-2-1-3-7-17)40(39-37-24)15-16-12-18(28(31,32)33)14-19(13-16)29(34,35)36/h1-9,12-14,41H,10-11,15H2. The molecular weight excluding hydrogens is 602 g/mol. The fourth-order valence-corrected chi connectivity index (χ4v) is 4.74. The second kappa shape index (κ2) is 11.7. The van der Waals surface area contributed by atoms with E-state index < -0.39 is 35.8 Å². The van der Waals surface area contributed by atoms with Crippen LogP contribution in [0.4, 0.5) is 26.3 Å². The zero-order chi connectivity index (χ0) is 30.9. The smallest absolute Gasteiger partial charge is 0.396 e. The SMILES string of the molecule is O=C(c1nnn(Cc2cc(C(F)(F)F)cc(C(F)(F)F)c2)c1-c1ccccc1)c1c(CCO)noc1-c1ccccc1Cl. The van der Waals surface area contributed by atoms with Gasteiger partial charge >= 0.3 is 12.4 Å². The molecule has 0 fully saturated rings. The number of aliphatic hydroxyl groups excluding tert-OH is 1. The molecule has 14 heteroatoms. The van der Waals surface area contributed by atoms with E-state index in [9.17, 15) is 36.2 Å². The quantitative estimate of drug-likeness (QED) is 0.147. The molecule has 2 aromatic heterocycles. The monoisotopic (exact) mass is 620 g/mol. The molecule has 43 heavy (non-hydrogen) atoms. The highest BCUT2D eigenvalue weighted by molar-refractivity contribution is 6.33. The summed E-state index contributed by atoms with van der Waals surface area (Å²) in [4.78, 5) is 14.1. The van der Waals surface area contributed by atoms with Crippen LogP contribution in [0, 0.1) is 0 Å². The molecule has 3 aromatic carbocycles. The molecule has 0 radical (unpaired) electrons. The van der Waals surface area contributed by atoms with Crippen LogP contribution in [0.3, 0.4) is 0 Å². The van der Waals surface area contributed by atoms with Crippen molar-refractivity contribution in [1.29, 1.82) is 0 Å². The first-order valence-corrected chi connectivity index (χ1v) is 12.9. The number of halogens is 7. The van der Waals surface area contributed by atoms with Crippen LogP contribution in [0.25, 0.3) is 22.6 Å². The van der Waals surface area contributed by atoms with Crippen LogP contribution in [0.15, 0.2) is 77.3 Å². The van der Waals surface area contributed by atoms with Gasteiger partial charge in [-0.3, -0.25) is 4.79 Å². The molecule has 0 amide bonds. The number of nitrogens with zero attached hydrogens (tertiary/aromatic N) is 4. The van der Waals surface area contributed by atoms with Gasteiger partial charge in [-0.25, -0.2) is 4.68 Å². The number of aromatic nitrogens is 4. The minimum Gasteiger partial charge on any atom is -0.396 e. The van der Waals surface area contributed by atoms with Gasteiger partial charge in [0.1, 0.15) is 5.69 Å². The van der Waals surface area contributed by atoms with Gasteiger partial charge in [-0.2, -0.15) is 26.3 Å². The predicted octanol–water partition coefficient (Wildman–Crippen LogP) is 7.11. The van der Waals surface area contributed by atoms with Crippen molar-refractivity contribution in [1.82, 2.24) is 20.2 Å². The number of alkyl halides is 6. The third-order valence-electron chi connectivity index (χ3n) is 6.43. The Morgan fingerprint density at radius 1 is 0.907 bits per heavy atom. The minimum absolute atomic E-state index is 0.0136. The van der Waals surface area contributed by atoms with Crippen molar-refractivity contribution < 1.29 is 40.8 Å². The van der Waals surface area contributed by atoms with E-state index >= 15 is 0 Å². The van der Waals surface area contributed by atoms with Crippen molar-refractivity contribution in [3.8, 4) is 22.6 Å². The van der Waals surface area contributed by atoms with E-state index in [1.54, 1.807) is 54.6 Å². The van der Waals surface area contributed by atoms with Crippen molar-refractivity contribution in [2.45, 2.75) is 25.3 Å². The average molecular weight is 621 g/mol. The van der Waals surface area contributed by atoms with Gasteiger partial charge < -0.3 is 9.63 Å². The molecule has 0 aliphatic carbocycles. The maximum absolute atomic E-state index is 14.1. The number of aliphatic hydroxyl groups is 1. The van der Waals surface area contributed by atoms with E-state index in [2.05, 4.69) is 15.5 Å². The molecule has 0 aliphatic heterocycles. The van der Waals surface area contributed by atoms with Crippen LogP contribution in [0.1, 0.15) is 38.4 Å². The molecule has 0 spiro atoms. The highest BCUT2D eigenvalue weighted by atomic mass is 35.5. The minimum atomic E-state index is -5.05. The number of ketones is 1. The van der Waals surface area contributed by atoms with Crippen LogP contribution < -0.4 is 0 Å². The van der Waals surface area contributed by atoms with Crippen molar-refractivity contribution in [2.75, 3.05) is 6.61 Å². The summed E-state index contributed by atoms with van der Waals surface area (Å²) in [5.74, 6) is -0.773. The van der Waals surface area contributed by atoms with Crippen LogP contribution in [-0.2, 0) is 25.3 Å². The molecule has 0 saturated carbocycles. The third-order valence-corrected chi connectivity index (χ3v) is 6.76. The first-order valence-electron chi connectivity index (χ1n) is 12.5. The zero-order valence-electron chi connectivity index (χ0n) is 21.7. The average Bonchev–Trinajstić information content (AvgIpc) is 3.57. The van der Waals surface area contributed by atoms with Crippen molar-refractivity contribution in [2.24, 2.45) is 0 Å². The number of carbonyl (C=O) groups excluding carboxylic acids is 1. The number of carbonyl (C=O) groups is 1. The summed E-state index contributed by atoms with van der Waals surface area (Å²) < 4.78 is 87.5. The van der Waals surface area contributed by atoms with E-state index in [1.807, 2.05) is 0 Å². The van der Waals surface area contributed by atoms with E-state index in [-0.39, 0.29) is 58.1 Å². The summed E-state index contributed by atoms with van der Waals surface area (Å²) in [6.45, 7) is -0.966. The predicted molar refractivity (Wildman–Crippen MR) is 142 cm³/mol. The van der Waals surface area contributed by atoms with Crippen LogP contribution >= 0.6 is 11.6 Å². The lowest BCUT2D eigenvalue weighted by atomic mass is 9.97. The Kier molecular flexibility index (Phi) is 8.12. The largest absolute Gasteiger partial charge is 0.416 e. The van der Waals surface area contributed by atoms with Gasteiger partial charge in [-0.15, -0.1) is 5.10 Å². The maximum Gasteiger partial charge on any atom is 0.416 e. The molecule has 222 valence electrons. The molecule has 2 heterocycles. The Balaban J connectivity index is 1.67. The summed E-state index contributed by atoms with van der Waals surface area (Å²) >= 11 is 6.34. The van der Waals surface area contributed by atoms with Crippen LogP contribution in [0.5, 0.6) is 0 Å². The van der Waals surface area contributed by atoms with Crippen molar-refractivity contribution in [3.05, 3.63) is 111 Å². The molecule has 0 bridgehead atoms. The lowest BCUT2D eigenvalue weighted by Gasteiger charge is -2.15. The number of hydrogen-bond acceptors (Lipinski definition) is 6. The summed E-state index contributed by atoms with van der Waals surface area (Å²) in [5.41, 5.74) is -2.91. The molecule has 7 nitrogen and oxygen atoms in total. The first-order chi connectivity index (χ1) is 20.4. The van der Waals surface area contributed by atoms with Gasteiger partial charge in [0.2, 0.25) is 5.78 Å².